The first-order valence-electron chi connectivity index (χ1n) is 3.50. The number of benzene rings is 1. The van der Waals surface area contributed by atoms with Crippen LogP contribution in [0.5, 0.6) is 0 Å². The van der Waals surface area contributed by atoms with Gasteiger partial charge in [0.05, 0.1) is 5.88 Å². The molecule has 0 amide bonds. The Morgan fingerprint density at radius 3 is 2.67 bits per heavy atom. The van der Waals surface area contributed by atoms with E-state index < -0.39 is 0 Å². The van der Waals surface area contributed by atoms with Crippen LogP contribution < -0.4 is 11.1 Å². The zero-order chi connectivity index (χ0) is 8.81. The second-order valence-corrected chi connectivity index (χ2v) is 3.63. The zero-order valence-electron chi connectivity index (χ0n) is 6.49. The third-order valence-corrected chi connectivity index (χ3v) is 2.27. The van der Waals surface area contributed by atoms with Crippen LogP contribution in [0.3, 0.4) is 0 Å². The van der Waals surface area contributed by atoms with Crippen LogP contribution in [0.15, 0.2) is 35.2 Å². The monoisotopic (exact) mass is 198 g/mol. The third-order valence-electron chi connectivity index (χ3n) is 1.23. The van der Waals surface area contributed by atoms with E-state index in [-0.39, 0.29) is 0 Å². The molecular formula is C8H10N2S2. The second-order valence-electron chi connectivity index (χ2n) is 2.14. The molecule has 0 bridgehead atoms. The minimum absolute atomic E-state index is 0.346. The van der Waals surface area contributed by atoms with Gasteiger partial charge in [-0.05, 0) is 24.4 Å². The molecule has 4 heteroatoms. The van der Waals surface area contributed by atoms with Crippen LogP contribution in [0.1, 0.15) is 0 Å². The smallest absolute Gasteiger partial charge is 0.164 e. The van der Waals surface area contributed by atoms with Gasteiger partial charge in [-0.2, -0.15) is 0 Å². The van der Waals surface area contributed by atoms with E-state index in [1.165, 1.54) is 4.90 Å². The van der Waals surface area contributed by atoms with Gasteiger partial charge in [-0.15, -0.1) is 11.8 Å². The van der Waals surface area contributed by atoms with E-state index >= 15 is 0 Å². The summed E-state index contributed by atoms with van der Waals surface area (Å²) in [5.74, 6) is 0.722. The van der Waals surface area contributed by atoms with Crippen LogP contribution in [0.2, 0.25) is 0 Å². The largest absolute Gasteiger partial charge is 0.376 e. The van der Waals surface area contributed by atoms with Crippen LogP contribution in [-0.2, 0) is 0 Å². The van der Waals surface area contributed by atoms with Crippen molar-refractivity contribution >= 4 is 29.1 Å². The highest BCUT2D eigenvalue weighted by molar-refractivity contribution is 7.99. The fraction of sp³-hybridized carbons (Fsp3) is 0.125. The molecule has 1 rings (SSSR count). The zero-order valence-corrected chi connectivity index (χ0v) is 8.12. The summed E-state index contributed by atoms with van der Waals surface area (Å²) < 4.78 is 0. The lowest BCUT2D eigenvalue weighted by Gasteiger charge is -2.02. The summed E-state index contributed by atoms with van der Waals surface area (Å²) in [4.78, 5) is 1.21. The quantitative estimate of drug-likeness (QED) is 0.439. The summed E-state index contributed by atoms with van der Waals surface area (Å²) in [6.07, 6.45) is 0. The van der Waals surface area contributed by atoms with Crippen molar-refractivity contribution in [3.8, 4) is 0 Å². The van der Waals surface area contributed by atoms with Crippen molar-refractivity contribution in [3.05, 3.63) is 30.3 Å². The van der Waals surface area contributed by atoms with Gasteiger partial charge >= 0.3 is 0 Å². The van der Waals surface area contributed by atoms with E-state index in [0.717, 1.165) is 5.88 Å². The van der Waals surface area contributed by atoms with Crippen LogP contribution >= 0.6 is 24.0 Å². The van der Waals surface area contributed by atoms with E-state index in [4.69, 9.17) is 5.73 Å². The molecule has 0 aromatic heterocycles. The molecule has 1 aromatic carbocycles. The Bertz CT molecular complexity index is 248. The van der Waals surface area contributed by atoms with Crippen molar-refractivity contribution in [3.63, 3.8) is 0 Å². The summed E-state index contributed by atoms with van der Waals surface area (Å²) in [5, 5.41) is 3.21. The molecule has 0 saturated heterocycles. The molecule has 0 aliphatic rings. The Kier molecular flexibility index (Phi) is 3.90. The van der Waals surface area contributed by atoms with Crippen molar-refractivity contribution in [2.45, 2.75) is 4.90 Å². The van der Waals surface area contributed by atoms with Crippen LogP contribution in [-0.4, -0.2) is 11.0 Å². The van der Waals surface area contributed by atoms with Gasteiger partial charge in [0, 0.05) is 4.90 Å². The van der Waals surface area contributed by atoms with Crippen LogP contribution in [0.4, 0.5) is 0 Å². The highest BCUT2D eigenvalue weighted by Crippen LogP contribution is 2.14. The predicted octanol–water partition coefficient (Wildman–Crippen LogP) is 1.57. The van der Waals surface area contributed by atoms with E-state index in [0.29, 0.717) is 5.11 Å². The maximum Gasteiger partial charge on any atom is 0.164 e. The topological polar surface area (TPSA) is 38.0 Å². The molecule has 3 N–H and O–H groups in total. The minimum Gasteiger partial charge on any atom is -0.376 e. The number of nitrogens with one attached hydrogen (secondary N) is 1. The molecule has 0 fully saturated rings. The van der Waals surface area contributed by atoms with E-state index in [1.807, 2.05) is 30.3 Å². The molecule has 64 valence electrons. The molecule has 0 radical (unpaired) electrons. The van der Waals surface area contributed by atoms with Gasteiger partial charge in [0.15, 0.2) is 5.11 Å². The number of hydrogen-bond acceptors (Lipinski definition) is 2. The van der Waals surface area contributed by atoms with E-state index in [2.05, 4.69) is 17.5 Å². The Hall–Kier alpha value is -0.740. The lowest BCUT2D eigenvalue weighted by atomic mass is 10.4. The normalized spacial score (nSPS) is 9.33. The molecule has 0 saturated carbocycles. The number of hydrogen-bond donors (Lipinski definition) is 2. The lowest BCUT2D eigenvalue weighted by molar-refractivity contribution is 1.13. The SMILES string of the molecule is NC(=S)NCSc1ccccc1. The molecule has 0 aliphatic carbocycles. The third kappa shape index (κ3) is 3.59. The highest BCUT2D eigenvalue weighted by atomic mass is 32.2. The van der Waals surface area contributed by atoms with E-state index in [1.54, 1.807) is 11.8 Å². The van der Waals surface area contributed by atoms with Gasteiger partial charge in [-0.3, -0.25) is 0 Å². The highest BCUT2D eigenvalue weighted by Gasteiger charge is 1.90. The van der Waals surface area contributed by atoms with Crippen molar-refractivity contribution in [1.82, 2.24) is 5.32 Å². The standard InChI is InChI=1S/C8H10N2S2/c9-8(11)10-6-12-7-4-2-1-3-5-7/h1-5H,6H2,(H3,9,10,11). The first kappa shape index (κ1) is 9.35. The van der Waals surface area contributed by atoms with Crippen molar-refractivity contribution in [2.75, 3.05) is 5.88 Å². The van der Waals surface area contributed by atoms with Crippen molar-refractivity contribution in [2.24, 2.45) is 5.73 Å². The fourth-order valence-electron chi connectivity index (χ4n) is 0.707. The Labute approximate surface area is 81.5 Å². The first-order valence-corrected chi connectivity index (χ1v) is 4.89. The first-order chi connectivity index (χ1) is 5.79. The average molecular weight is 198 g/mol. The maximum atomic E-state index is 5.26. The maximum absolute atomic E-state index is 5.26. The molecular weight excluding hydrogens is 188 g/mol. The molecule has 12 heavy (non-hydrogen) atoms. The summed E-state index contributed by atoms with van der Waals surface area (Å²) in [6, 6.07) is 10.1. The van der Waals surface area contributed by atoms with E-state index in [9.17, 15) is 0 Å². The van der Waals surface area contributed by atoms with Gasteiger partial charge in [-0.25, -0.2) is 0 Å². The van der Waals surface area contributed by atoms with Gasteiger partial charge in [0.1, 0.15) is 0 Å². The van der Waals surface area contributed by atoms with Crippen LogP contribution in [0.25, 0.3) is 0 Å². The summed E-state index contributed by atoms with van der Waals surface area (Å²) in [5.41, 5.74) is 5.26. The second kappa shape index (κ2) is 5.00. The minimum atomic E-state index is 0.346. The number of thiocarbonyl (C=S) groups is 1. The lowest BCUT2D eigenvalue weighted by Crippen LogP contribution is -2.28. The molecule has 0 spiro atoms. The van der Waals surface area contributed by atoms with Crippen molar-refractivity contribution in [1.29, 1.82) is 0 Å². The molecule has 0 atom stereocenters. The Balaban J connectivity index is 2.29. The summed E-state index contributed by atoms with van der Waals surface area (Å²) in [7, 11) is 0. The fourth-order valence-corrected chi connectivity index (χ4v) is 1.61. The van der Waals surface area contributed by atoms with Crippen LogP contribution in [0, 0.1) is 0 Å². The molecule has 2 nitrogen and oxygen atoms in total. The van der Waals surface area contributed by atoms with Gasteiger partial charge in [0.25, 0.3) is 0 Å². The van der Waals surface area contributed by atoms with Crippen molar-refractivity contribution < 1.29 is 0 Å². The Morgan fingerprint density at radius 2 is 2.08 bits per heavy atom. The Morgan fingerprint density at radius 1 is 1.42 bits per heavy atom. The molecule has 0 heterocycles. The molecule has 0 unspecified atom stereocenters. The number of thioether (sulfide) groups is 1. The summed E-state index contributed by atoms with van der Waals surface area (Å²) in [6.45, 7) is 0. The predicted molar refractivity (Wildman–Crippen MR) is 57.1 cm³/mol. The number of rotatable bonds is 3. The molecule has 1 aromatic rings. The van der Waals surface area contributed by atoms with Gasteiger partial charge < -0.3 is 11.1 Å². The number of nitrogens with two attached hydrogens (primary N) is 1. The molecule has 0 aliphatic heterocycles. The van der Waals surface area contributed by atoms with Gasteiger partial charge in [-0.1, -0.05) is 18.2 Å². The van der Waals surface area contributed by atoms with Gasteiger partial charge in [0.2, 0.25) is 0 Å². The average Bonchev–Trinajstić information content (AvgIpc) is 2.05. The summed E-state index contributed by atoms with van der Waals surface area (Å²) >= 11 is 6.33.